The van der Waals surface area contributed by atoms with Crippen LogP contribution in [0.4, 0.5) is 0 Å². The van der Waals surface area contributed by atoms with Gasteiger partial charge in [-0.15, -0.1) is 0 Å². The lowest BCUT2D eigenvalue weighted by Gasteiger charge is -2.04. The fourth-order valence-electron chi connectivity index (χ4n) is 2.65. The van der Waals surface area contributed by atoms with E-state index in [1.807, 2.05) is 25.1 Å². The first-order chi connectivity index (χ1) is 10.5. The Labute approximate surface area is 137 Å². The summed E-state index contributed by atoms with van der Waals surface area (Å²) in [6.45, 7) is 1.96. The SMILES string of the molecule is Cc1ccc(Cl)c2c(CC(=O)O)c(-c3ccc(Cl)cc3)[nH]c12. The number of carboxylic acid groups (broad SMARTS) is 1. The van der Waals surface area contributed by atoms with Crippen molar-refractivity contribution < 1.29 is 9.90 Å². The highest BCUT2D eigenvalue weighted by Gasteiger charge is 2.19. The molecule has 1 aromatic heterocycles. The number of H-pyrrole nitrogens is 1. The van der Waals surface area contributed by atoms with Gasteiger partial charge < -0.3 is 10.1 Å². The predicted molar refractivity (Wildman–Crippen MR) is 89.8 cm³/mol. The lowest BCUT2D eigenvalue weighted by Crippen LogP contribution is -2.01. The fraction of sp³-hybridized carbons (Fsp3) is 0.118. The van der Waals surface area contributed by atoms with Gasteiger partial charge in [-0.2, -0.15) is 0 Å². The highest BCUT2D eigenvalue weighted by molar-refractivity contribution is 6.36. The Morgan fingerprint density at radius 2 is 1.82 bits per heavy atom. The Bertz CT molecular complexity index is 866. The molecule has 3 rings (SSSR count). The highest BCUT2D eigenvalue weighted by atomic mass is 35.5. The Morgan fingerprint density at radius 1 is 1.14 bits per heavy atom. The van der Waals surface area contributed by atoms with Gasteiger partial charge in [-0.3, -0.25) is 4.79 Å². The second-order valence-electron chi connectivity index (χ2n) is 5.17. The van der Waals surface area contributed by atoms with E-state index in [4.69, 9.17) is 23.2 Å². The van der Waals surface area contributed by atoms with Crippen LogP contribution in [0.2, 0.25) is 10.0 Å². The fourth-order valence-corrected chi connectivity index (χ4v) is 3.05. The van der Waals surface area contributed by atoms with Gasteiger partial charge in [0.1, 0.15) is 0 Å². The van der Waals surface area contributed by atoms with E-state index in [0.717, 1.165) is 27.7 Å². The third kappa shape index (κ3) is 2.58. The van der Waals surface area contributed by atoms with Gasteiger partial charge in [-0.25, -0.2) is 0 Å². The largest absolute Gasteiger partial charge is 0.481 e. The third-order valence-electron chi connectivity index (χ3n) is 3.68. The summed E-state index contributed by atoms with van der Waals surface area (Å²) >= 11 is 12.2. The number of halogens is 2. The van der Waals surface area contributed by atoms with Gasteiger partial charge in [0.15, 0.2) is 0 Å². The third-order valence-corrected chi connectivity index (χ3v) is 4.24. The topological polar surface area (TPSA) is 53.1 Å². The quantitative estimate of drug-likeness (QED) is 0.702. The van der Waals surface area contributed by atoms with Gasteiger partial charge in [0.05, 0.1) is 22.7 Å². The van der Waals surface area contributed by atoms with Crippen molar-refractivity contribution >= 4 is 40.1 Å². The average molecular weight is 334 g/mol. The summed E-state index contributed by atoms with van der Waals surface area (Å²) in [6.07, 6.45) is -0.0961. The first kappa shape index (κ1) is 14.9. The number of hydrogen-bond acceptors (Lipinski definition) is 1. The number of carbonyl (C=O) groups is 1. The molecule has 0 unspecified atom stereocenters. The molecule has 1 heterocycles. The van der Waals surface area contributed by atoms with Crippen LogP contribution < -0.4 is 0 Å². The minimum absolute atomic E-state index is 0.0961. The van der Waals surface area contributed by atoms with Crippen LogP contribution in [0.5, 0.6) is 0 Å². The number of aromatic nitrogens is 1. The van der Waals surface area contributed by atoms with Crippen LogP contribution in [0.25, 0.3) is 22.2 Å². The van der Waals surface area contributed by atoms with E-state index in [0.29, 0.717) is 15.6 Å². The maximum absolute atomic E-state index is 11.3. The Hall–Kier alpha value is -1.97. The molecule has 0 atom stereocenters. The van der Waals surface area contributed by atoms with Gasteiger partial charge >= 0.3 is 5.97 Å². The van der Waals surface area contributed by atoms with Crippen LogP contribution in [0.3, 0.4) is 0 Å². The molecular weight excluding hydrogens is 321 g/mol. The van der Waals surface area contributed by atoms with E-state index < -0.39 is 5.97 Å². The number of aryl methyl sites for hydroxylation is 1. The average Bonchev–Trinajstić information content (AvgIpc) is 2.84. The molecule has 5 heteroatoms. The molecule has 112 valence electrons. The lowest BCUT2D eigenvalue weighted by atomic mass is 10.0. The summed E-state index contributed by atoms with van der Waals surface area (Å²) in [5, 5.41) is 11.2. The number of benzene rings is 2. The molecule has 0 saturated carbocycles. The molecule has 3 nitrogen and oxygen atoms in total. The molecule has 0 saturated heterocycles. The zero-order chi connectivity index (χ0) is 15.9. The van der Waals surface area contributed by atoms with Crippen molar-refractivity contribution in [3.05, 3.63) is 57.6 Å². The van der Waals surface area contributed by atoms with Crippen LogP contribution in [0.1, 0.15) is 11.1 Å². The van der Waals surface area contributed by atoms with Crippen LogP contribution in [0.15, 0.2) is 36.4 Å². The summed E-state index contributed by atoms with van der Waals surface area (Å²) < 4.78 is 0. The summed E-state index contributed by atoms with van der Waals surface area (Å²) in [7, 11) is 0. The summed E-state index contributed by atoms with van der Waals surface area (Å²) in [5.41, 5.74) is 4.23. The van der Waals surface area contributed by atoms with E-state index >= 15 is 0 Å². The maximum Gasteiger partial charge on any atom is 0.307 e. The molecule has 0 radical (unpaired) electrons. The van der Waals surface area contributed by atoms with Gasteiger partial charge in [0.2, 0.25) is 0 Å². The van der Waals surface area contributed by atoms with Crippen molar-refractivity contribution in [2.45, 2.75) is 13.3 Å². The smallest absolute Gasteiger partial charge is 0.307 e. The second-order valence-corrected chi connectivity index (χ2v) is 6.01. The number of fused-ring (bicyclic) bond motifs is 1. The van der Waals surface area contributed by atoms with Crippen molar-refractivity contribution in [1.29, 1.82) is 0 Å². The summed E-state index contributed by atoms with van der Waals surface area (Å²) in [4.78, 5) is 14.6. The standard InChI is InChI=1S/C17H13Cl2NO2/c1-9-2-7-13(19)15-12(8-14(21)22)17(20-16(9)15)10-3-5-11(18)6-4-10/h2-7,20H,8H2,1H3,(H,21,22). The molecule has 0 fully saturated rings. The van der Waals surface area contributed by atoms with E-state index in [1.54, 1.807) is 18.2 Å². The molecule has 0 aliphatic rings. The van der Waals surface area contributed by atoms with Gasteiger partial charge in [0, 0.05) is 10.4 Å². The molecule has 0 amide bonds. The van der Waals surface area contributed by atoms with E-state index in [9.17, 15) is 9.90 Å². The number of rotatable bonds is 3. The number of carboxylic acids is 1. The minimum Gasteiger partial charge on any atom is -0.481 e. The van der Waals surface area contributed by atoms with E-state index in [1.165, 1.54) is 0 Å². The van der Waals surface area contributed by atoms with Crippen LogP contribution >= 0.6 is 23.2 Å². The second kappa shape index (κ2) is 5.67. The van der Waals surface area contributed by atoms with Crippen molar-refractivity contribution in [3.8, 4) is 11.3 Å². The Balaban J connectivity index is 2.33. The summed E-state index contributed by atoms with van der Waals surface area (Å²) in [5.74, 6) is -0.895. The number of nitrogens with one attached hydrogen (secondary N) is 1. The number of aliphatic carboxylic acids is 1. The zero-order valence-electron chi connectivity index (χ0n) is 11.8. The van der Waals surface area contributed by atoms with Crippen molar-refractivity contribution in [2.75, 3.05) is 0 Å². The maximum atomic E-state index is 11.3. The zero-order valence-corrected chi connectivity index (χ0v) is 13.3. The normalized spacial score (nSPS) is 11.0. The van der Waals surface area contributed by atoms with E-state index in [2.05, 4.69) is 4.98 Å². The molecule has 2 aromatic carbocycles. The molecule has 0 aliphatic heterocycles. The van der Waals surface area contributed by atoms with Crippen molar-refractivity contribution in [3.63, 3.8) is 0 Å². The monoisotopic (exact) mass is 333 g/mol. The molecule has 0 bridgehead atoms. The molecule has 22 heavy (non-hydrogen) atoms. The van der Waals surface area contributed by atoms with Crippen LogP contribution in [-0.4, -0.2) is 16.1 Å². The van der Waals surface area contributed by atoms with Crippen LogP contribution in [-0.2, 0) is 11.2 Å². The van der Waals surface area contributed by atoms with Gasteiger partial charge in [0.25, 0.3) is 0 Å². The Kier molecular flexibility index (Phi) is 3.85. The number of aromatic amines is 1. The first-order valence-corrected chi connectivity index (χ1v) is 7.50. The van der Waals surface area contributed by atoms with Crippen molar-refractivity contribution in [1.82, 2.24) is 4.98 Å². The van der Waals surface area contributed by atoms with E-state index in [-0.39, 0.29) is 6.42 Å². The molecule has 0 spiro atoms. The predicted octanol–water partition coefficient (Wildman–Crippen LogP) is 5.08. The molecular formula is C17H13Cl2NO2. The Morgan fingerprint density at radius 3 is 2.45 bits per heavy atom. The highest BCUT2D eigenvalue weighted by Crippen LogP contribution is 2.36. The number of hydrogen-bond donors (Lipinski definition) is 2. The molecule has 2 N–H and O–H groups in total. The minimum atomic E-state index is -0.895. The van der Waals surface area contributed by atoms with Gasteiger partial charge in [-0.05, 0) is 41.8 Å². The molecule has 3 aromatic rings. The first-order valence-electron chi connectivity index (χ1n) is 6.74. The van der Waals surface area contributed by atoms with Crippen LogP contribution in [0, 0.1) is 6.92 Å². The summed E-state index contributed by atoms with van der Waals surface area (Å²) in [6, 6.07) is 11.0. The lowest BCUT2D eigenvalue weighted by molar-refractivity contribution is -0.136. The molecule has 0 aliphatic carbocycles. The van der Waals surface area contributed by atoms with Crippen molar-refractivity contribution in [2.24, 2.45) is 0 Å². The van der Waals surface area contributed by atoms with Gasteiger partial charge in [-0.1, -0.05) is 41.4 Å².